The third-order valence-corrected chi connectivity index (χ3v) is 4.27. The number of para-hydroxylation sites is 1. The Bertz CT molecular complexity index is 1220. The van der Waals surface area contributed by atoms with Gasteiger partial charge in [0, 0.05) is 0 Å². The third-order valence-electron chi connectivity index (χ3n) is 4.27. The summed E-state index contributed by atoms with van der Waals surface area (Å²) in [6, 6.07) is 15.1. The number of furan rings is 1. The minimum atomic E-state index is -0.732. The van der Waals surface area contributed by atoms with Gasteiger partial charge >= 0.3 is 5.97 Å². The molecule has 0 saturated carbocycles. The number of benzene rings is 2. The van der Waals surface area contributed by atoms with Crippen molar-refractivity contribution in [3.63, 3.8) is 0 Å². The Morgan fingerprint density at radius 2 is 1.86 bits per heavy atom. The lowest BCUT2D eigenvalue weighted by Gasteiger charge is -2.11. The number of rotatable bonds is 4. The van der Waals surface area contributed by atoms with Crippen molar-refractivity contribution < 1.29 is 23.1 Å². The second-order valence-corrected chi connectivity index (χ2v) is 6.16. The Balaban J connectivity index is 1.89. The van der Waals surface area contributed by atoms with Gasteiger partial charge < -0.3 is 18.3 Å². The number of aryl methyl sites for hydroxylation is 1. The molecule has 140 valence electrons. The molecular weight excluding hydrogens is 360 g/mol. The molecule has 0 saturated heterocycles. The zero-order valence-electron chi connectivity index (χ0n) is 15.2. The fourth-order valence-electron chi connectivity index (χ4n) is 2.92. The van der Waals surface area contributed by atoms with Crippen molar-refractivity contribution in [2.45, 2.75) is 6.92 Å². The summed E-state index contributed by atoms with van der Waals surface area (Å²) in [7, 11) is 1.45. The second kappa shape index (κ2) is 7.08. The summed E-state index contributed by atoms with van der Waals surface area (Å²) in [5.74, 6) is -0.293. The molecule has 0 aliphatic heterocycles. The summed E-state index contributed by atoms with van der Waals surface area (Å²) in [5, 5.41) is 0.318. The van der Waals surface area contributed by atoms with Crippen molar-refractivity contribution in [1.29, 1.82) is 0 Å². The van der Waals surface area contributed by atoms with Gasteiger partial charge in [-0.2, -0.15) is 0 Å². The first-order chi connectivity index (χ1) is 13.6. The highest BCUT2D eigenvalue weighted by atomic mass is 16.5. The standard InChI is InChI=1S/C22H16O6/c1-13-9-10-17-15(12-13)19(23)21(20(27-17)18-8-5-11-26-18)28-22(24)14-6-3-4-7-16(14)25-2/h3-12H,1-2H3. The molecule has 6 nitrogen and oxygen atoms in total. The summed E-state index contributed by atoms with van der Waals surface area (Å²) >= 11 is 0. The average Bonchev–Trinajstić information content (AvgIpc) is 3.25. The number of ether oxygens (including phenoxy) is 2. The minimum Gasteiger partial charge on any atom is -0.496 e. The van der Waals surface area contributed by atoms with Crippen LogP contribution in [0.1, 0.15) is 15.9 Å². The van der Waals surface area contributed by atoms with Crippen LogP contribution in [0.4, 0.5) is 0 Å². The lowest BCUT2D eigenvalue weighted by molar-refractivity contribution is 0.0727. The highest BCUT2D eigenvalue weighted by Gasteiger charge is 2.24. The first-order valence-electron chi connectivity index (χ1n) is 8.55. The summed E-state index contributed by atoms with van der Waals surface area (Å²) in [4.78, 5) is 25.9. The number of carbonyl (C=O) groups is 1. The molecule has 2 aromatic heterocycles. The highest BCUT2D eigenvalue weighted by molar-refractivity contribution is 5.95. The van der Waals surface area contributed by atoms with Gasteiger partial charge in [0.2, 0.25) is 16.9 Å². The molecule has 28 heavy (non-hydrogen) atoms. The van der Waals surface area contributed by atoms with Crippen LogP contribution in [-0.4, -0.2) is 13.1 Å². The van der Waals surface area contributed by atoms with E-state index >= 15 is 0 Å². The topological polar surface area (TPSA) is 78.9 Å². The van der Waals surface area contributed by atoms with Gasteiger partial charge in [-0.05, 0) is 43.3 Å². The molecule has 4 aromatic rings. The van der Waals surface area contributed by atoms with Crippen LogP contribution in [0.3, 0.4) is 0 Å². The lowest BCUT2D eigenvalue weighted by atomic mass is 10.1. The second-order valence-electron chi connectivity index (χ2n) is 6.16. The van der Waals surface area contributed by atoms with Crippen LogP contribution in [0.25, 0.3) is 22.5 Å². The van der Waals surface area contributed by atoms with Crippen molar-refractivity contribution >= 4 is 16.9 Å². The largest absolute Gasteiger partial charge is 0.496 e. The Hall–Kier alpha value is -3.80. The van der Waals surface area contributed by atoms with Crippen LogP contribution >= 0.6 is 0 Å². The van der Waals surface area contributed by atoms with Gasteiger partial charge in [0.05, 0.1) is 18.8 Å². The van der Waals surface area contributed by atoms with E-state index in [1.54, 1.807) is 48.5 Å². The van der Waals surface area contributed by atoms with E-state index in [-0.39, 0.29) is 22.8 Å². The molecular formula is C22H16O6. The zero-order valence-corrected chi connectivity index (χ0v) is 15.2. The zero-order chi connectivity index (χ0) is 19.7. The molecule has 0 aliphatic carbocycles. The molecule has 0 aliphatic rings. The molecule has 4 rings (SSSR count). The summed E-state index contributed by atoms with van der Waals surface area (Å²) in [5.41, 5.74) is 0.991. The number of esters is 1. The van der Waals surface area contributed by atoms with Gasteiger partial charge in [0.15, 0.2) is 5.76 Å². The molecule has 0 atom stereocenters. The number of hydrogen-bond acceptors (Lipinski definition) is 6. The average molecular weight is 376 g/mol. The van der Waals surface area contributed by atoms with Gasteiger partial charge in [0.25, 0.3) is 0 Å². The van der Waals surface area contributed by atoms with Crippen LogP contribution in [0.15, 0.2) is 74.5 Å². The van der Waals surface area contributed by atoms with Crippen LogP contribution in [0.5, 0.6) is 11.5 Å². The normalized spacial score (nSPS) is 10.8. The Morgan fingerprint density at radius 1 is 1.04 bits per heavy atom. The molecule has 0 amide bonds. The van der Waals surface area contributed by atoms with Crippen molar-refractivity contribution in [1.82, 2.24) is 0 Å². The maximum Gasteiger partial charge on any atom is 0.347 e. The van der Waals surface area contributed by atoms with E-state index in [4.69, 9.17) is 18.3 Å². The first-order valence-corrected chi connectivity index (χ1v) is 8.55. The molecule has 6 heteroatoms. The molecule has 0 fully saturated rings. The Morgan fingerprint density at radius 3 is 2.61 bits per heavy atom. The van der Waals surface area contributed by atoms with Gasteiger partial charge in [-0.3, -0.25) is 4.79 Å². The molecule has 2 aromatic carbocycles. The van der Waals surface area contributed by atoms with Crippen molar-refractivity contribution in [2.24, 2.45) is 0 Å². The van der Waals surface area contributed by atoms with Crippen molar-refractivity contribution in [3.8, 4) is 23.0 Å². The Kier molecular flexibility index (Phi) is 4.45. The van der Waals surface area contributed by atoms with Gasteiger partial charge in [-0.1, -0.05) is 23.8 Å². The van der Waals surface area contributed by atoms with E-state index < -0.39 is 11.4 Å². The maximum atomic E-state index is 13.1. The minimum absolute atomic E-state index is 0.0506. The molecule has 0 unspecified atom stereocenters. The molecule has 0 radical (unpaired) electrons. The smallest absolute Gasteiger partial charge is 0.347 e. The number of carbonyl (C=O) groups excluding carboxylic acids is 1. The van der Waals surface area contributed by atoms with Gasteiger partial charge in [-0.15, -0.1) is 0 Å². The van der Waals surface area contributed by atoms with E-state index in [0.717, 1.165) is 5.56 Å². The van der Waals surface area contributed by atoms with Gasteiger partial charge in [0.1, 0.15) is 16.9 Å². The lowest BCUT2D eigenvalue weighted by Crippen LogP contribution is -2.17. The molecule has 0 bridgehead atoms. The predicted octanol–water partition coefficient (Wildman–Crippen LogP) is 4.59. The van der Waals surface area contributed by atoms with Crippen LogP contribution < -0.4 is 14.9 Å². The number of hydrogen-bond donors (Lipinski definition) is 0. The summed E-state index contributed by atoms with van der Waals surface area (Å²) in [6.07, 6.45) is 1.44. The monoisotopic (exact) mass is 376 g/mol. The van der Waals surface area contributed by atoms with Crippen molar-refractivity contribution in [3.05, 3.63) is 82.2 Å². The summed E-state index contributed by atoms with van der Waals surface area (Å²) < 4.78 is 21.9. The molecule has 0 spiro atoms. The van der Waals surface area contributed by atoms with E-state index in [0.29, 0.717) is 16.7 Å². The highest BCUT2D eigenvalue weighted by Crippen LogP contribution is 2.32. The maximum absolute atomic E-state index is 13.1. The molecule has 2 heterocycles. The Labute approximate surface area is 159 Å². The SMILES string of the molecule is COc1ccccc1C(=O)Oc1c(-c2ccco2)oc2ccc(C)cc2c1=O. The fraction of sp³-hybridized carbons (Fsp3) is 0.0909. The van der Waals surface area contributed by atoms with E-state index in [9.17, 15) is 9.59 Å². The third kappa shape index (κ3) is 3.05. The molecule has 0 N–H and O–H groups in total. The predicted molar refractivity (Wildman–Crippen MR) is 103 cm³/mol. The van der Waals surface area contributed by atoms with E-state index in [1.807, 2.05) is 13.0 Å². The van der Waals surface area contributed by atoms with E-state index in [2.05, 4.69) is 0 Å². The van der Waals surface area contributed by atoms with Crippen LogP contribution in [-0.2, 0) is 0 Å². The number of methoxy groups -OCH3 is 1. The quantitative estimate of drug-likeness (QED) is 0.485. The summed E-state index contributed by atoms with van der Waals surface area (Å²) in [6.45, 7) is 1.86. The van der Waals surface area contributed by atoms with Gasteiger partial charge in [-0.25, -0.2) is 4.79 Å². The van der Waals surface area contributed by atoms with E-state index in [1.165, 1.54) is 13.4 Å². The van der Waals surface area contributed by atoms with Crippen LogP contribution in [0.2, 0.25) is 0 Å². The fourth-order valence-corrected chi connectivity index (χ4v) is 2.92. The number of fused-ring (bicyclic) bond motifs is 1. The first kappa shape index (κ1) is 17.6. The van der Waals surface area contributed by atoms with Crippen molar-refractivity contribution in [2.75, 3.05) is 7.11 Å². The van der Waals surface area contributed by atoms with Crippen LogP contribution in [0, 0.1) is 6.92 Å².